The van der Waals surface area contributed by atoms with E-state index < -0.39 is 0 Å². The number of hydrogen-bond acceptors (Lipinski definition) is 2. The summed E-state index contributed by atoms with van der Waals surface area (Å²) in [6, 6.07) is 19.1. The molecule has 1 saturated heterocycles. The molecule has 0 radical (unpaired) electrons. The van der Waals surface area contributed by atoms with Gasteiger partial charge in [-0.3, -0.25) is 4.79 Å². The van der Waals surface area contributed by atoms with Gasteiger partial charge in [0.15, 0.2) is 0 Å². The monoisotopic (exact) mass is 409 g/mol. The second-order valence-corrected chi connectivity index (χ2v) is 7.87. The van der Waals surface area contributed by atoms with Gasteiger partial charge in [-0.2, -0.15) is 5.10 Å². The summed E-state index contributed by atoms with van der Waals surface area (Å²) in [5.74, 6) is -0.129. The molecule has 0 atom stereocenters. The number of rotatable bonds is 6. The number of quaternary nitrogens is 1. The highest BCUT2D eigenvalue weighted by molar-refractivity contribution is 6.32. The summed E-state index contributed by atoms with van der Waals surface area (Å²) >= 11 is 6.40. The van der Waals surface area contributed by atoms with Crippen LogP contribution in [-0.2, 0) is 0 Å². The van der Waals surface area contributed by atoms with E-state index in [9.17, 15) is 4.79 Å². The topological polar surface area (TPSA) is 51.4 Å². The van der Waals surface area contributed by atoms with E-state index in [0.29, 0.717) is 22.9 Å². The van der Waals surface area contributed by atoms with Crippen molar-refractivity contribution in [1.29, 1.82) is 0 Å². The predicted octanol–water partition coefficient (Wildman–Crippen LogP) is 2.99. The zero-order valence-corrected chi connectivity index (χ0v) is 17.2. The number of piperidine rings is 1. The highest BCUT2D eigenvalue weighted by Crippen LogP contribution is 2.25. The van der Waals surface area contributed by atoms with E-state index in [-0.39, 0.29) is 5.91 Å². The van der Waals surface area contributed by atoms with Gasteiger partial charge < -0.3 is 10.2 Å². The molecule has 150 valence electrons. The van der Waals surface area contributed by atoms with Gasteiger partial charge in [-0.25, -0.2) is 4.68 Å². The number of para-hydroxylation sites is 1. The van der Waals surface area contributed by atoms with Crippen LogP contribution in [0.3, 0.4) is 0 Å². The highest BCUT2D eigenvalue weighted by Gasteiger charge is 2.20. The average Bonchev–Trinajstić information content (AvgIpc) is 3.21. The SMILES string of the molecule is O=C(NCC[NH+]1CCCCC1)c1cc(-c2ccccc2)nn1-c1ccccc1Cl. The largest absolute Gasteiger partial charge is 0.345 e. The summed E-state index contributed by atoms with van der Waals surface area (Å²) in [4.78, 5) is 14.6. The molecule has 0 bridgehead atoms. The molecular formula is C23H26ClN4O+. The smallest absolute Gasteiger partial charge is 0.270 e. The molecule has 1 fully saturated rings. The molecule has 0 spiro atoms. The molecule has 2 N–H and O–H groups in total. The molecule has 0 saturated carbocycles. The van der Waals surface area contributed by atoms with Gasteiger partial charge in [-0.1, -0.05) is 54.1 Å². The average molecular weight is 410 g/mol. The number of hydrogen-bond donors (Lipinski definition) is 2. The third-order valence-electron chi connectivity index (χ3n) is 5.42. The van der Waals surface area contributed by atoms with Gasteiger partial charge in [-0.15, -0.1) is 0 Å². The number of carbonyl (C=O) groups excluding carboxylic acids is 1. The van der Waals surface area contributed by atoms with Gasteiger partial charge in [-0.05, 0) is 37.5 Å². The lowest BCUT2D eigenvalue weighted by Crippen LogP contribution is -3.13. The molecule has 6 heteroatoms. The number of likely N-dealkylation sites (tertiary alicyclic amines) is 1. The van der Waals surface area contributed by atoms with E-state index in [2.05, 4.69) is 5.32 Å². The van der Waals surface area contributed by atoms with Gasteiger partial charge in [0.05, 0.1) is 42.6 Å². The standard InChI is InChI=1S/C23H25ClN4O/c24-19-11-5-6-12-21(19)28-22(17-20(26-28)18-9-3-1-4-10-18)23(29)25-13-16-27-14-7-2-8-15-27/h1,3-6,9-12,17H,2,7-8,13-16H2,(H,25,29)/p+1. The van der Waals surface area contributed by atoms with Gasteiger partial charge in [0, 0.05) is 5.56 Å². The first-order valence-electron chi connectivity index (χ1n) is 10.2. The van der Waals surface area contributed by atoms with Crippen molar-refractivity contribution >= 4 is 17.5 Å². The maximum absolute atomic E-state index is 13.0. The van der Waals surface area contributed by atoms with Crippen molar-refractivity contribution in [3.63, 3.8) is 0 Å². The van der Waals surface area contributed by atoms with Crippen LogP contribution in [0.4, 0.5) is 0 Å². The fraction of sp³-hybridized carbons (Fsp3) is 0.304. The molecule has 4 rings (SSSR count). The second-order valence-electron chi connectivity index (χ2n) is 7.46. The minimum absolute atomic E-state index is 0.129. The van der Waals surface area contributed by atoms with Crippen LogP contribution < -0.4 is 10.2 Å². The van der Waals surface area contributed by atoms with Crippen molar-refractivity contribution in [2.45, 2.75) is 19.3 Å². The quantitative estimate of drug-likeness (QED) is 0.657. The zero-order valence-electron chi connectivity index (χ0n) is 16.4. The summed E-state index contributed by atoms with van der Waals surface area (Å²) < 4.78 is 1.65. The van der Waals surface area contributed by atoms with Crippen LogP contribution in [0.1, 0.15) is 29.8 Å². The van der Waals surface area contributed by atoms with Crippen LogP contribution in [0.15, 0.2) is 60.7 Å². The third-order valence-corrected chi connectivity index (χ3v) is 5.74. The fourth-order valence-electron chi connectivity index (χ4n) is 3.85. The van der Waals surface area contributed by atoms with Gasteiger partial charge in [0.2, 0.25) is 0 Å². The summed E-state index contributed by atoms with van der Waals surface area (Å²) in [5.41, 5.74) is 2.90. The molecule has 2 aromatic carbocycles. The Morgan fingerprint density at radius 1 is 1.03 bits per heavy atom. The van der Waals surface area contributed by atoms with Crippen molar-refractivity contribution < 1.29 is 9.69 Å². The lowest BCUT2D eigenvalue weighted by molar-refractivity contribution is -0.903. The zero-order chi connectivity index (χ0) is 20.1. The minimum atomic E-state index is -0.129. The van der Waals surface area contributed by atoms with Crippen molar-refractivity contribution in [2.75, 3.05) is 26.2 Å². The Hall–Kier alpha value is -2.63. The Morgan fingerprint density at radius 3 is 2.52 bits per heavy atom. The first-order chi connectivity index (χ1) is 14.2. The first-order valence-corrected chi connectivity index (χ1v) is 10.6. The minimum Gasteiger partial charge on any atom is -0.345 e. The maximum atomic E-state index is 13.0. The van der Waals surface area contributed by atoms with Crippen molar-refractivity contribution in [2.24, 2.45) is 0 Å². The Labute approximate surface area is 176 Å². The second kappa shape index (κ2) is 9.25. The molecule has 3 aromatic rings. The van der Waals surface area contributed by atoms with E-state index in [1.165, 1.54) is 32.4 Å². The molecule has 29 heavy (non-hydrogen) atoms. The number of nitrogens with zero attached hydrogens (tertiary/aromatic N) is 2. The number of aromatic nitrogens is 2. The number of nitrogens with one attached hydrogen (secondary N) is 2. The normalized spacial score (nSPS) is 14.7. The Bertz CT molecular complexity index is 964. The lowest BCUT2D eigenvalue weighted by atomic mass is 10.1. The van der Waals surface area contributed by atoms with Crippen LogP contribution in [0.2, 0.25) is 5.02 Å². The molecule has 1 amide bonds. The summed E-state index contributed by atoms with van der Waals surface area (Å²) in [6.07, 6.45) is 3.89. The lowest BCUT2D eigenvalue weighted by Gasteiger charge is -2.23. The third kappa shape index (κ3) is 4.69. The van der Waals surface area contributed by atoms with Crippen molar-refractivity contribution in [1.82, 2.24) is 15.1 Å². The molecule has 1 aromatic heterocycles. The van der Waals surface area contributed by atoms with Crippen LogP contribution in [0.5, 0.6) is 0 Å². The number of halogens is 1. The number of carbonyl (C=O) groups is 1. The van der Waals surface area contributed by atoms with Gasteiger partial charge >= 0.3 is 0 Å². The van der Waals surface area contributed by atoms with E-state index >= 15 is 0 Å². The van der Waals surface area contributed by atoms with Gasteiger partial charge in [0.25, 0.3) is 5.91 Å². The molecule has 5 nitrogen and oxygen atoms in total. The first kappa shape index (κ1) is 19.7. The predicted molar refractivity (Wildman–Crippen MR) is 116 cm³/mol. The fourth-order valence-corrected chi connectivity index (χ4v) is 4.06. The van der Waals surface area contributed by atoms with Gasteiger partial charge in [0.1, 0.15) is 5.69 Å². The van der Waals surface area contributed by atoms with E-state index in [1.54, 1.807) is 9.58 Å². The molecular weight excluding hydrogens is 384 g/mol. The summed E-state index contributed by atoms with van der Waals surface area (Å²) in [6.45, 7) is 4.01. The van der Waals surface area contributed by atoms with Crippen molar-refractivity contribution in [3.8, 4) is 16.9 Å². The van der Waals surface area contributed by atoms with E-state index in [0.717, 1.165) is 17.8 Å². The molecule has 0 unspecified atom stereocenters. The summed E-state index contributed by atoms with van der Waals surface area (Å²) in [5, 5.41) is 8.33. The molecule has 2 heterocycles. The Kier molecular flexibility index (Phi) is 6.27. The molecule has 0 aliphatic carbocycles. The molecule has 1 aliphatic heterocycles. The molecule has 1 aliphatic rings. The van der Waals surface area contributed by atoms with E-state index in [1.807, 2.05) is 60.7 Å². The number of amides is 1. The van der Waals surface area contributed by atoms with Crippen LogP contribution >= 0.6 is 11.6 Å². The van der Waals surface area contributed by atoms with Crippen LogP contribution in [-0.4, -0.2) is 41.9 Å². The van der Waals surface area contributed by atoms with Crippen LogP contribution in [0.25, 0.3) is 16.9 Å². The van der Waals surface area contributed by atoms with Crippen LogP contribution in [0, 0.1) is 0 Å². The van der Waals surface area contributed by atoms with Crippen molar-refractivity contribution in [3.05, 3.63) is 71.4 Å². The van der Waals surface area contributed by atoms with E-state index in [4.69, 9.17) is 16.7 Å². The Morgan fingerprint density at radius 2 is 1.76 bits per heavy atom. The number of benzene rings is 2. The highest BCUT2D eigenvalue weighted by atomic mass is 35.5. The maximum Gasteiger partial charge on any atom is 0.270 e. The summed E-state index contributed by atoms with van der Waals surface area (Å²) in [7, 11) is 0. The Balaban J connectivity index is 1.58.